The molecule has 1 amide bonds. The molecule has 1 aliphatic rings. The Morgan fingerprint density at radius 3 is 2.23 bits per heavy atom. The molecule has 0 aliphatic carbocycles. The normalized spacial score (nSPS) is 15.5. The van der Waals surface area contributed by atoms with E-state index in [0.717, 1.165) is 51.9 Å². The van der Waals surface area contributed by atoms with Gasteiger partial charge in [-0.1, -0.05) is 43.7 Å². The van der Waals surface area contributed by atoms with Crippen LogP contribution in [0.3, 0.4) is 0 Å². The summed E-state index contributed by atoms with van der Waals surface area (Å²) in [6.07, 6.45) is 6.31. The van der Waals surface area contributed by atoms with Crippen LogP contribution in [0.5, 0.6) is 0 Å². The fraction of sp³-hybridized carbons (Fsp3) is 0.577. The molecule has 0 atom stereocenters. The van der Waals surface area contributed by atoms with Crippen molar-refractivity contribution in [1.82, 2.24) is 9.80 Å². The Kier molecular flexibility index (Phi) is 8.13. The number of thiophene rings is 1. The predicted octanol–water partition coefficient (Wildman–Crippen LogP) is 5.35. The van der Waals surface area contributed by atoms with Gasteiger partial charge >= 0.3 is 0 Å². The van der Waals surface area contributed by atoms with Gasteiger partial charge in [0.25, 0.3) is 0 Å². The van der Waals surface area contributed by atoms with Crippen LogP contribution >= 0.6 is 11.3 Å². The average Bonchev–Trinajstić information content (AvgIpc) is 3.16. The molecule has 3 rings (SSSR count). The number of carbonyl (C=O) groups is 1. The van der Waals surface area contributed by atoms with E-state index in [0.29, 0.717) is 12.3 Å². The fourth-order valence-electron chi connectivity index (χ4n) is 4.04. The lowest BCUT2D eigenvalue weighted by Gasteiger charge is -2.34. The zero-order chi connectivity index (χ0) is 21.6. The number of hydrogen-bond acceptors (Lipinski definition) is 3. The van der Waals surface area contributed by atoms with E-state index in [1.165, 1.54) is 27.3 Å². The van der Waals surface area contributed by atoms with E-state index in [1.54, 1.807) is 0 Å². The predicted molar refractivity (Wildman–Crippen MR) is 128 cm³/mol. The van der Waals surface area contributed by atoms with Crippen LogP contribution in [0.1, 0.15) is 54.0 Å². The molecule has 2 heterocycles. The molecule has 2 aromatic rings. The third-order valence-electron chi connectivity index (χ3n) is 6.26. The van der Waals surface area contributed by atoms with Crippen molar-refractivity contribution < 1.29 is 4.79 Å². The summed E-state index contributed by atoms with van der Waals surface area (Å²) in [7, 11) is 2.13. The second kappa shape index (κ2) is 10.6. The third-order valence-corrected chi connectivity index (χ3v) is 7.47. The van der Waals surface area contributed by atoms with Gasteiger partial charge < -0.3 is 9.80 Å². The van der Waals surface area contributed by atoms with E-state index in [4.69, 9.17) is 0 Å². The highest BCUT2D eigenvalue weighted by Gasteiger charge is 2.27. The molecule has 1 saturated heterocycles. The molecule has 0 saturated carbocycles. The molecule has 0 radical (unpaired) electrons. The van der Waals surface area contributed by atoms with Crippen LogP contribution in [0, 0.1) is 12.3 Å². The number of rotatable bonds is 9. The first-order valence-electron chi connectivity index (χ1n) is 11.4. The molecule has 0 unspecified atom stereocenters. The highest BCUT2D eigenvalue weighted by atomic mass is 32.1. The molecule has 3 nitrogen and oxygen atoms in total. The van der Waals surface area contributed by atoms with Gasteiger partial charge in [0, 0.05) is 42.4 Å². The molecule has 0 spiro atoms. The summed E-state index contributed by atoms with van der Waals surface area (Å²) in [6.45, 7) is 10.4. The van der Waals surface area contributed by atoms with Crippen molar-refractivity contribution in [1.29, 1.82) is 0 Å². The summed E-state index contributed by atoms with van der Waals surface area (Å²) in [5.74, 6) is 0.330. The zero-order valence-corrected chi connectivity index (χ0v) is 20.1. The SMILES string of the molecule is Cc1ccc(CCCc2ccc(CCC(C)(C)CC(=O)N3CCN(C)CC3)s2)cc1. The molecule has 0 bridgehead atoms. The van der Waals surface area contributed by atoms with Crippen LogP contribution in [-0.2, 0) is 24.1 Å². The second-order valence-corrected chi connectivity index (χ2v) is 11.0. The Labute approximate surface area is 187 Å². The number of hydrogen-bond donors (Lipinski definition) is 0. The Bertz CT molecular complexity index is 801. The van der Waals surface area contributed by atoms with Crippen molar-refractivity contribution in [2.24, 2.45) is 5.41 Å². The van der Waals surface area contributed by atoms with Gasteiger partial charge in [0.05, 0.1) is 0 Å². The molecule has 164 valence electrons. The van der Waals surface area contributed by atoms with Gasteiger partial charge in [-0.3, -0.25) is 4.79 Å². The first-order valence-corrected chi connectivity index (χ1v) is 12.2. The van der Waals surface area contributed by atoms with Gasteiger partial charge in [0.1, 0.15) is 0 Å². The van der Waals surface area contributed by atoms with Crippen LogP contribution in [0.25, 0.3) is 0 Å². The maximum atomic E-state index is 12.7. The fourth-order valence-corrected chi connectivity index (χ4v) is 5.10. The van der Waals surface area contributed by atoms with E-state index in [-0.39, 0.29) is 5.41 Å². The number of aryl methyl sites for hydroxylation is 4. The average molecular weight is 427 g/mol. The molecule has 1 aromatic heterocycles. The Morgan fingerprint density at radius 2 is 1.57 bits per heavy atom. The van der Waals surface area contributed by atoms with Gasteiger partial charge in [-0.15, -0.1) is 11.3 Å². The summed E-state index contributed by atoms with van der Waals surface area (Å²) in [6, 6.07) is 13.5. The molecule has 1 fully saturated rings. The van der Waals surface area contributed by atoms with E-state index in [2.05, 4.69) is 74.0 Å². The topological polar surface area (TPSA) is 23.6 Å². The molecular weight excluding hydrogens is 388 g/mol. The standard InChI is InChI=1S/C26H38N2OS/c1-21-8-10-22(11-9-21)6-5-7-23-12-13-24(30-23)14-15-26(2,3)20-25(29)28-18-16-27(4)17-19-28/h8-13H,5-7,14-20H2,1-4H3. The number of nitrogens with zero attached hydrogens (tertiary/aromatic N) is 2. The highest BCUT2D eigenvalue weighted by Crippen LogP contribution is 2.30. The lowest BCUT2D eigenvalue weighted by Crippen LogP contribution is -2.48. The number of amides is 1. The number of benzene rings is 1. The quantitative estimate of drug-likeness (QED) is 0.539. The van der Waals surface area contributed by atoms with E-state index >= 15 is 0 Å². The van der Waals surface area contributed by atoms with Crippen LogP contribution in [-0.4, -0.2) is 48.9 Å². The monoisotopic (exact) mass is 426 g/mol. The summed E-state index contributed by atoms with van der Waals surface area (Å²) >= 11 is 1.96. The first kappa shape index (κ1) is 23.0. The van der Waals surface area contributed by atoms with Gasteiger partial charge in [0.2, 0.25) is 5.91 Å². The molecule has 0 N–H and O–H groups in total. The molecule has 1 aliphatic heterocycles. The largest absolute Gasteiger partial charge is 0.340 e. The number of piperazine rings is 1. The van der Waals surface area contributed by atoms with Crippen molar-refractivity contribution in [3.63, 3.8) is 0 Å². The van der Waals surface area contributed by atoms with Crippen molar-refractivity contribution in [2.75, 3.05) is 33.2 Å². The smallest absolute Gasteiger partial charge is 0.223 e. The number of carbonyl (C=O) groups excluding carboxylic acids is 1. The summed E-state index contributed by atoms with van der Waals surface area (Å²) < 4.78 is 0. The molecule has 4 heteroatoms. The maximum Gasteiger partial charge on any atom is 0.223 e. The maximum absolute atomic E-state index is 12.7. The highest BCUT2D eigenvalue weighted by molar-refractivity contribution is 7.11. The van der Waals surface area contributed by atoms with Gasteiger partial charge in [-0.2, -0.15) is 0 Å². The van der Waals surface area contributed by atoms with E-state index in [9.17, 15) is 4.79 Å². The van der Waals surface area contributed by atoms with Crippen LogP contribution in [0.15, 0.2) is 36.4 Å². The van der Waals surface area contributed by atoms with E-state index < -0.39 is 0 Å². The van der Waals surface area contributed by atoms with E-state index in [1.807, 2.05) is 11.3 Å². The van der Waals surface area contributed by atoms with Crippen LogP contribution < -0.4 is 0 Å². The summed E-state index contributed by atoms with van der Waals surface area (Å²) in [5.41, 5.74) is 2.81. The summed E-state index contributed by atoms with van der Waals surface area (Å²) in [4.78, 5) is 20.0. The first-order chi connectivity index (χ1) is 14.3. The van der Waals surface area contributed by atoms with Crippen molar-refractivity contribution in [3.8, 4) is 0 Å². The van der Waals surface area contributed by atoms with Crippen molar-refractivity contribution in [3.05, 3.63) is 57.3 Å². The Balaban J connectivity index is 1.40. The second-order valence-electron chi connectivity index (χ2n) is 9.73. The Morgan fingerprint density at radius 1 is 0.933 bits per heavy atom. The third kappa shape index (κ3) is 7.24. The van der Waals surface area contributed by atoms with Gasteiger partial charge in [-0.05, 0) is 69.2 Å². The lowest BCUT2D eigenvalue weighted by atomic mass is 9.83. The van der Waals surface area contributed by atoms with Gasteiger partial charge in [-0.25, -0.2) is 0 Å². The molecule has 1 aromatic carbocycles. The lowest BCUT2D eigenvalue weighted by molar-refractivity contribution is -0.135. The minimum absolute atomic E-state index is 0.0516. The van der Waals surface area contributed by atoms with Crippen LogP contribution in [0.4, 0.5) is 0 Å². The molecule has 30 heavy (non-hydrogen) atoms. The number of likely N-dealkylation sites (N-methyl/N-ethyl adjacent to an activating group) is 1. The minimum atomic E-state index is 0.0516. The van der Waals surface area contributed by atoms with Crippen molar-refractivity contribution in [2.45, 2.75) is 59.3 Å². The summed E-state index contributed by atoms with van der Waals surface area (Å²) in [5, 5.41) is 0. The molecular formula is C26H38N2OS. The van der Waals surface area contributed by atoms with Crippen molar-refractivity contribution >= 4 is 17.2 Å². The van der Waals surface area contributed by atoms with Crippen LogP contribution in [0.2, 0.25) is 0 Å². The minimum Gasteiger partial charge on any atom is -0.340 e. The Hall–Kier alpha value is -1.65. The van der Waals surface area contributed by atoms with Gasteiger partial charge in [0.15, 0.2) is 0 Å². The zero-order valence-electron chi connectivity index (χ0n) is 19.2.